The van der Waals surface area contributed by atoms with E-state index in [4.69, 9.17) is 10.5 Å². The Labute approximate surface area is 119 Å². The molecule has 1 aliphatic rings. The summed E-state index contributed by atoms with van der Waals surface area (Å²) < 4.78 is 8.04. The standard InChI is InChI=1S/C16H21N3O/c1-2-7-19-11-18-9-13(19)10-20-14-4-5-15-12(8-14)3-6-16(15)17/h4-5,8-9,11,16H,2-3,6-7,10,17H2,1H3. The van der Waals surface area contributed by atoms with Crippen molar-refractivity contribution in [1.82, 2.24) is 9.55 Å². The molecular formula is C16H21N3O. The first-order chi connectivity index (χ1) is 9.78. The van der Waals surface area contributed by atoms with Crippen LogP contribution in [0.5, 0.6) is 5.75 Å². The summed E-state index contributed by atoms with van der Waals surface area (Å²) in [7, 11) is 0. The van der Waals surface area contributed by atoms with Crippen molar-refractivity contribution in [2.24, 2.45) is 5.73 Å². The van der Waals surface area contributed by atoms with E-state index in [0.717, 1.165) is 37.3 Å². The Morgan fingerprint density at radius 2 is 2.35 bits per heavy atom. The van der Waals surface area contributed by atoms with Gasteiger partial charge < -0.3 is 15.0 Å². The quantitative estimate of drug-likeness (QED) is 0.909. The number of imidazole rings is 1. The molecule has 20 heavy (non-hydrogen) atoms. The van der Waals surface area contributed by atoms with Gasteiger partial charge in [0, 0.05) is 12.6 Å². The highest BCUT2D eigenvalue weighted by Gasteiger charge is 2.19. The van der Waals surface area contributed by atoms with Crippen LogP contribution in [0.1, 0.15) is 42.6 Å². The van der Waals surface area contributed by atoms with Gasteiger partial charge in [-0.3, -0.25) is 0 Å². The summed E-state index contributed by atoms with van der Waals surface area (Å²) in [5.41, 5.74) is 9.77. The second-order valence-electron chi connectivity index (χ2n) is 5.37. The fourth-order valence-electron chi connectivity index (χ4n) is 2.78. The maximum absolute atomic E-state index is 6.05. The molecule has 0 bridgehead atoms. The highest BCUT2D eigenvalue weighted by Crippen LogP contribution is 2.32. The Bertz CT molecular complexity index is 591. The van der Waals surface area contributed by atoms with Gasteiger partial charge in [0.15, 0.2) is 0 Å². The van der Waals surface area contributed by atoms with Crippen molar-refractivity contribution in [2.75, 3.05) is 0 Å². The number of aryl methyl sites for hydroxylation is 2. The maximum atomic E-state index is 6.05. The summed E-state index contributed by atoms with van der Waals surface area (Å²) in [5.74, 6) is 0.919. The molecule has 1 unspecified atom stereocenters. The van der Waals surface area contributed by atoms with E-state index in [0.29, 0.717) is 6.61 Å². The van der Waals surface area contributed by atoms with Crippen LogP contribution in [0, 0.1) is 0 Å². The van der Waals surface area contributed by atoms with Gasteiger partial charge in [-0.25, -0.2) is 4.98 Å². The van der Waals surface area contributed by atoms with Crippen molar-refractivity contribution in [1.29, 1.82) is 0 Å². The van der Waals surface area contributed by atoms with Gasteiger partial charge in [-0.2, -0.15) is 0 Å². The number of ether oxygens (including phenoxy) is 1. The van der Waals surface area contributed by atoms with Gasteiger partial charge in [0.05, 0.1) is 18.2 Å². The molecule has 4 heteroatoms. The lowest BCUT2D eigenvalue weighted by Gasteiger charge is -2.11. The monoisotopic (exact) mass is 271 g/mol. The Balaban J connectivity index is 1.68. The van der Waals surface area contributed by atoms with Crippen molar-refractivity contribution < 1.29 is 4.74 Å². The predicted octanol–water partition coefficient (Wildman–Crippen LogP) is 2.82. The van der Waals surface area contributed by atoms with E-state index in [9.17, 15) is 0 Å². The molecule has 0 amide bonds. The summed E-state index contributed by atoms with van der Waals surface area (Å²) in [6.45, 7) is 3.71. The van der Waals surface area contributed by atoms with Crippen molar-refractivity contribution in [3.8, 4) is 5.75 Å². The molecule has 1 aliphatic carbocycles. The van der Waals surface area contributed by atoms with Crippen LogP contribution >= 0.6 is 0 Å². The van der Waals surface area contributed by atoms with Gasteiger partial charge >= 0.3 is 0 Å². The summed E-state index contributed by atoms with van der Waals surface area (Å²) in [6.07, 6.45) is 6.94. The van der Waals surface area contributed by atoms with Crippen LogP contribution in [0.15, 0.2) is 30.7 Å². The number of aromatic nitrogens is 2. The van der Waals surface area contributed by atoms with Crippen LogP contribution in [0.25, 0.3) is 0 Å². The Morgan fingerprint density at radius 1 is 1.45 bits per heavy atom. The van der Waals surface area contributed by atoms with E-state index >= 15 is 0 Å². The van der Waals surface area contributed by atoms with E-state index < -0.39 is 0 Å². The molecule has 0 spiro atoms. The predicted molar refractivity (Wildman–Crippen MR) is 78.5 cm³/mol. The van der Waals surface area contributed by atoms with Crippen LogP contribution in [-0.2, 0) is 19.6 Å². The van der Waals surface area contributed by atoms with Crippen molar-refractivity contribution in [3.05, 3.63) is 47.5 Å². The SMILES string of the molecule is CCCn1cncc1COc1ccc2c(c1)CCC2N. The molecular weight excluding hydrogens is 250 g/mol. The Kier molecular flexibility index (Phi) is 3.74. The molecule has 2 N–H and O–H groups in total. The van der Waals surface area contributed by atoms with E-state index in [1.807, 2.05) is 18.6 Å². The lowest BCUT2D eigenvalue weighted by molar-refractivity contribution is 0.294. The van der Waals surface area contributed by atoms with Gasteiger partial charge in [-0.05, 0) is 42.5 Å². The van der Waals surface area contributed by atoms with Gasteiger partial charge in [-0.1, -0.05) is 13.0 Å². The third-order valence-electron chi connectivity index (χ3n) is 3.89. The molecule has 0 radical (unpaired) electrons. The molecule has 0 saturated heterocycles. The first-order valence-electron chi connectivity index (χ1n) is 7.28. The molecule has 1 aromatic heterocycles. The van der Waals surface area contributed by atoms with E-state index in [1.54, 1.807) is 0 Å². The second-order valence-corrected chi connectivity index (χ2v) is 5.37. The minimum absolute atomic E-state index is 0.199. The fraction of sp³-hybridized carbons (Fsp3) is 0.438. The minimum Gasteiger partial charge on any atom is -0.487 e. The molecule has 3 rings (SSSR count). The van der Waals surface area contributed by atoms with Gasteiger partial charge in [0.25, 0.3) is 0 Å². The van der Waals surface area contributed by atoms with E-state index in [1.165, 1.54) is 11.1 Å². The zero-order valence-electron chi connectivity index (χ0n) is 11.9. The third kappa shape index (κ3) is 2.56. The Morgan fingerprint density at radius 3 is 3.20 bits per heavy atom. The molecule has 0 fully saturated rings. The second kappa shape index (κ2) is 5.67. The highest BCUT2D eigenvalue weighted by molar-refractivity contribution is 5.40. The van der Waals surface area contributed by atoms with Crippen LogP contribution in [0.4, 0.5) is 0 Å². The first-order valence-corrected chi connectivity index (χ1v) is 7.28. The van der Waals surface area contributed by atoms with Crippen LogP contribution in [0.3, 0.4) is 0 Å². The molecule has 1 aromatic carbocycles. The average Bonchev–Trinajstić information content (AvgIpc) is 3.04. The zero-order valence-corrected chi connectivity index (χ0v) is 11.9. The summed E-state index contributed by atoms with van der Waals surface area (Å²) in [4.78, 5) is 4.19. The van der Waals surface area contributed by atoms with Gasteiger partial charge in [-0.15, -0.1) is 0 Å². The molecule has 106 valence electrons. The lowest BCUT2D eigenvalue weighted by atomic mass is 10.1. The molecule has 0 aliphatic heterocycles. The topological polar surface area (TPSA) is 53.1 Å². The fourth-order valence-corrected chi connectivity index (χ4v) is 2.78. The Hall–Kier alpha value is -1.81. The average molecular weight is 271 g/mol. The molecule has 4 nitrogen and oxygen atoms in total. The smallest absolute Gasteiger partial charge is 0.130 e. The minimum atomic E-state index is 0.199. The molecule has 2 aromatic rings. The first kappa shape index (κ1) is 13.2. The van der Waals surface area contributed by atoms with Crippen molar-refractivity contribution in [3.63, 3.8) is 0 Å². The summed E-state index contributed by atoms with van der Waals surface area (Å²) in [5, 5.41) is 0. The normalized spacial score (nSPS) is 17.2. The maximum Gasteiger partial charge on any atom is 0.130 e. The lowest BCUT2D eigenvalue weighted by Crippen LogP contribution is -2.06. The number of nitrogens with two attached hydrogens (primary N) is 1. The number of fused-ring (bicyclic) bond motifs is 1. The zero-order chi connectivity index (χ0) is 13.9. The number of rotatable bonds is 5. The van der Waals surface area contributed by atoms with Crippen LogP contribution < -0.4 is 10.5 Å². The van der Waals surface area contributed by atoms with Crippen molar-refractivity contribution >= 4 is 0 Å². The number of hydrogen-bond acceptors (Lipinski definition) is 3. The van der Waals surface area contributed by atoms with E-state index in [2.05, 4.69) is 28.6 Å². The third-order valence-corrected chi connectivity index (χ3v) is 3.89. The number of benzene rings is 1. The highest BCUT2D eigenvalue weighted by atomic mass is 16.5. The van der Waals surface area contributed by atoms with E-state index in [-0.39, 0.29) is 6.04 Å². The van der Waals surface area contributed by atoms with Gasteiger partial charge in [0.1, 0.15) is 12.4 Å². The van der Waals surface area contributed by atoms with Crippen LogP contribution in [-0.4, -0.2) is 9.55 Å². The van der Waals surface area contributed by atoms with Gasteiger partial charge in [0.2, 0.25) is 0 Å². The van der Waals surface area contributed by atoms with Crippen molar-refractivity contribution in [2.45, 2.75) is 45.4 Å². The number of nitrogens with zero attached hydrogens (tertiary/aromatic N) is 2. The summed E-state index contributed by atoms with van der Waals surface area (Å²) >= 11 is 0. The van der Waals surface area contributed by atoms with Crippen LogP contribution in [0.2, 0.25) is 0 Å². The largest absolute Gasteiger partial charge is 0.487 e. The number of hydrogen-bond donors (Lipinski definition) is 1. The molecule has 1 atom stereocenters. The molecule has 1 heterocycles. The molecule has 0 saturated carbocycles. The summed E-state index contributed by atoms with van der Waals surface area (Å²) in [6, 6.07) is 6.45.